The zero-order valence-electron chi connectivity index (χ0n) is 14.4. The van der Waals surface area contributed by atoms with E-state index >= 15 is 0 Å². The third-order valence-electron chi connectivity index (χ3n) is 5.38. The lowest BCUT2D eigenvalue weighted by atomic mass is 9.83. The van der Waals surface area contributed by atoms with Gasteiger partial charge in [-0.25, -0.2) is 0 Å². The van der Waals surface area contributed by atoms with Crippen LogP contribution in [0.15, 0.2) is 72.8 Å². The van der Waals surface area contributed by atoms with Gasteiger partial charge in [0.25, 0.3) is 0 Å². The van der Waals surface area contributed by atoms with Gasteiger partial charge in [0, 0.05) is 5.02 Å². The topological polar surface area (TPSA) is 0 Å². The van der Waals surface area contributed by atoms with Crippen LogP contribution in [0.25, 0.3) is 22.3 Å². The summed E-state index contributed by atoms with van der Waals surface area (Å²) in [5.74, 6) is 0.759. The van der Waals surface area contributed by atoms with E-state index in [0.29, 0.717) is 0 Å². The smallest absolute Gasteiger partial charge is 0.0406 e. The van der Waals surface area contributed by atoms with Crippen molar-refractivity contribution in [3.8, 4) is 22.3 Å². The molecule has 0 nitrogen and oxygen atoms in total. The molecule has 0 radical (unpaired) electrons. The van der Waals surface area contributed by atoms with Crippen molar-refractivity contribution in [2.24, 2.45) is 0 Å². The molecule has 0 atom stereocenters. The molecule has 0 amide bonds. The lowest BCUT2D eigenvalue weighted by Gasteiger charge is -2.22. The Hall–Kier alpha value is -2.05. The molecule has 25 heavy (non-hydrogen) atoms. The Kier molecular flexibility index (Phi) is 4.90. The minimum absolute atomic E-state index is 0.759. The molecular formula is C24H23Cl. The summed E-state index contributed by atoms with van der Waals surface area (Å²) in [4.78, 5) is 0. The van der Waals surface area contributed by atoms with Crippen LogP contribution in [0.3, 0.4) is 0 Å². The predicted molar refractivity (Wildman–Crippen MR) is 108 cm³/mol. The molecule has 4 rings (SSSR count). The summed E-state index contributed by atoms with van der Waals surface area (Å²) in [6.45, 7) is 0. The van der Waals surface area contributed by atoms with Gasteiger partial charge in [-0.2, -0.15) is 0 Å². The second-order valence-corrected chi connectivity index (χ2v) is 7.45. The highest BCUT2D eigenvalue weighted by atomic mass is 35.5. The van der Waals surface area contributed by atoms with E-state index in [4.69, 9.17) is 11.6 Å². The highest BCUT2D eigenvalue weighted by Gasteiger charge is 2.15. The van der Waals surface area contributed by atoms with E-state index in [-0.39, 0.29) is 0 Å². The zero-order chi connectivity index (χ0) is 17.1. The van der Waals surface area contributed by atoms with Crippen LogP contribution < -0.4 is 0 Å². The molecular weight excluding hydrogens is 324 g/mol. The fourth-order valence-electron chi connectivity index (χ4n) is 3.99. The molecule has 1 aliphatic rings. The van der Waals surface area contributed by atoms with Crippen LogP contribution in [0, 0.1) is 0 Å². The van der Waals surface area contributed by atoms with Gasteiger partial charge in [-0.1, -0.05) is 91.5 Å². The quantitative estimate of drug-likeness (QED) is 0.455. The predicted octanol–water partition coefficient (Wildman–Crippen LogP) is 7.72. The Morgan fingerprint density at radius 2 is 1.12 bits per heavy atom. The number of benzene rings is 3. The SMILES string of the molecule is Clc1ccc(-c2ccccc2-c2ccc(C3CCCCC3)cc2)cc1. The van der Waals surface area contributed by atoms with Crippen LogP contribution in [0.2, 0.25) is 5.02 Å². The van der Waals surface area contributed by atoms with Gasteiger partial charge in [0.05, 0.1) is 0 Å². The minimum atomic E-state index is 0.759. The van der Waals surface area contributed by atoms with Gasteiger partial charge in [-0.15, -0.1) is 0 Å². The lowest BCUT2D eigenvalue weighted by Crippen LogP contribution is -2.04. The fourth-order valence-corrected chi connectivity index (χ4v) is 4.11. The maximum atomic E-state index is 6.05. The van der Waals surface area contributed by atoms with Crippen LogP contribution in [0.1, 0.15) is 43.6 Å². The zero-order valence-corrected chi connectivity index (χ0v) is 15.2. The molecule has 126 valence electrons. The molecule has 1 saturated carbocycles. The molecule has 0 aromatic heterocycles. The van der Waals surface area contributed by atoms with E-state index in [2.05, 4.69) is 60.7 Å². The van der Waals surface area contributed by atoms with Gasteiger partial charge < -0.3 is 0 Å². The van der Waals surface area contributed by atoms with Crippen molar-refractivity contribution in [1.29, 1.82) is 0 Å². The molecule has 0 heterocycles. The molecule has 1 aliphatic carbocycles. The average Bonchev–Trinajstić information content (AvgIpc) is 2.69. The van der Waals surface area contributed by atoms with Gasteiger partial charge in [0.2, 0.25) is 0 Å². The summed E-state index contributed by atoms with van der Waals surface area (Å²) in [5.41, 5.74) is 6.53. The third kappa shape index (κ3) is 3.65. The monoisotopic (exact) mass is 346 g/mol. The molecule has 0 saturated heterocycles. The molecule has 0 N–H and O–H groups in total. The number of rotatable bonds is 3. The third-order valence-corrected chi connectivity index (χ3v) is 5.63. The van der Waals surface area contributed by atoms with Crippen LogP contribution in [0.5, 0.6) is 0 Å². The van der Waals surface area contributed by atoms with Gasteiger partial charge in [-0.05, 0) is 58.7 Å². The van der Waals surface area contributed by atoms with E-state index in [1.807, 2.05) is 12.1 Å². The standard InChI is InChI=1S/C24H23Cl/c25-22-16-14-21(15-17-22)24-9-5-4-8-23(24)20-12-10-19(11-13-20)18-6-2-1-3-7-18/h4-5,8-18H,1-3,6-7H2. The Morgan fingerprint density at radius 3 is 1.68 bits per heavy atom. The Balaban J connectivity index is 1.67. The van der Waals surface area contributed by atoms with Crippen molar-refractivity contribution in [2.75, 3.05) is 0 Å². The van der Waals surface area contributed by atoms with Gasteiger partial charge in [0.15, 0.2) is 0 Å². The first-order valence-electron chi connectivity index (χ1n) is 9.26. The van der Waals surface area contributed by atoms with E-state index < -0.39 is 0 Å². The van der Waals surface area contributed by atoms with Crippen LogP contribution in [-0.4, -0.2) is 0 Å². The van der Waals surface area contributed by atoms with Crippen LogP contribution in [0.4, 0.5) is 0 Å². The number of halogens is 1. The molecule has 0 aliphatic heterocycles. The molecule has 0 unspecified atom stereocenters. The van der Waals surface area contributed by atoms with Gasteiger partial charge >= 0.3 is 0 Å². The molecule has 3 aromatic carbocycles. The maximum absolute atomic E-state index is 6.05. The van der Waals surface area contributed by atoms with E-state index in [1.165, 1.54) is 59.9 Å². The first kappa shape index (κ1) is 16.4. The van der Waals surface area contributed by atoms with Crippen LogP contribution in [-0.2, 0) is 0 Å². The number of hydrogen-bond donors (Lipinski definition) is 0. The van der Waals surface area contributed by atoms with Crippen LogP contribution >= 0.6 is 11.6 Å². The molecule has 0 spiro atoms. The Morgan fingerprint density at radius 1 is 0.600 bits per heavy atom. The summed E-state index contributed by atoms with van der Waals surface area (Å²) in [7, 11) is 0. The van der Waals surface area contributed by atoms with Crippen molar-refractivity contribution in [3.63, 3.8) is 0 Å². The van der Waals surface area contributed by atoms with Crippen molar-refractivity contribution in [2.45, 2.75) is 38.0 Å². The van der Waals surface area contributed by atoms with Crippen molar-refractivity contribution in [3.05, 3.63) is 83.4 Å². The minimum Gasteiger partial charge on any atom is -0.0843 e. The van der Waals surface area contributed by atoms with Gasteiger partial charge in [0.1, 0.15) is 0 Å². The maximum Gasteiger partial charge on any atom is 0.0406 e. The number of hydrogen-bond acceptors (Lipinski definition) is 0. The fraction of sp³-hybridized carbons (Fsp3) is 0.250. The Labute approximate surface area is 155 Å². The average molecular weight is 347 g/mol. The Bertz CT molecular complexity index is 825. The summed E-state index contributed by atoms with van der Waals surface area (Å²) in [6.07, 6.45) is 6.86. The van der Waals surface area contributed by atoms with E-state index in [1.54, 1.807) is 0 Å². The highest BCUT2D eigenvalue weighted by Crippen LogP contribution is 2.36. The molecule has 1 fully saturated rings. The normalized spacial score (nSPS) is 15.2. The van der Waals surface area contributed by atoms with Crippen molar-refractivity contribution < 1.29 is 0 Å². The summed E-state index contributed by atoms with van der Waals surface area (Å²) in [5, 5.41) is 0.776. The summed E-state index contributed by atoms with van der Waals surface area (Å²) >= 11 is 6.05. The van der Waals surface area contributed by atoms with Gasteiger partial charge in [-0.3, -0.25) is 0 Å². The lowest BCUT2D eigenvalue weighted by molar-refractivity contribution is 0.443. The molecule has 1 heteroatoms. The molecule has 0 bridgehead atoms. The highest BCUT2D eigenvalue weighted by molar-refractivity contribution is 6.30. The second-order valence-electron chi connectivity index (χ2n) is 7.01. The molecule has 3 aromatic rings. The largest absolute Gasteiger partial charge is 0.0843 e. The van der Waals surface area contributed by atoms with E-state index in [9.17, 15) is 0 Å². The first-order chi connectivity index (χ1) is 12.3. The summed E-state index contributed by atoms with van der Waals surface area (Å²) in [6, 6.07) is 26.0. The first-order valence-corrected chi connectivity index (χ1v) is 9.64. The van der Waals surface area contributed by atoms with Crippen molar-refractivity contribution >= 4 is 11.6 Å². The van der Waals surface area contributed by atoms with E-state index in [0.717, 1.165) is 10.9 Å². The summed E-state index contributed by atoms with van der Waals surface area (Å²) < 4.78 is 0. The van der Waals surface area contributed by atoms with Crippen molar-refractivity contribution in [1.82, 2.24) is 0 Å². The second kappa shape index (κ2) is 7.45.